The number of alkyl halides is 3. The Labute approximate surface area is 223 Å². The minimum Gasteiger partial charge on any atom is -0.383 e. The number of fused-ring (bicyclic) bond motifs is 4. The molecule has 198 valence electrons. The molecular formula is C25H23BrF3N7O2. The molecule has 1 amide bonds. The van der Waals surface area contributed by atoms with Crippen LogP contribution in [0.2, 0.25) is 0 Å². The molecule has 0 radical (unpaired) electrons. The Balaban J connectivity index is 1.35. The van der Waals surface area contributed by atoms with E-state index in [1.54, 1.807) is 27.7 Å². The fourth-order valence-corrected chi connectivity index (χ4v) is 6.06. The van der Waals surface area contributed by atoms with Crippen molar-refractivity contribution in [1.82, 2.24) is 24.4 Å². The molecule has 2 aliphatic rings. The van der Waals surface area contributed by atoms with E-state index in [0.29, 0.717) is 28.0 Å². The molecule has 38 heavy (non-hydrogen) atoms. The lowest BCUT2D eigenvalue weighted by Crippen LogP contribution is -2.49. The summed E-state index contributed by atoms with van der Waals surface area (Å²) in [5, 5.41) is 14.8. The van der Waals surface area contributed by atoms with Gasteiger partial charge >= 0.3 is 6.18 Å². The second-order valence-electron chi connectivity index (χ2n) is 10.2. The van der Waals surface area contributed by atoms with Crippen LogP contribution in [0, 0.1) is 5.41 Å². The first-order valence-corrected chi connectivity index (χ1v) is 12.7. The molecule has 4 aromatic rings. The molecule has 1 saturated heterocycles. The van der Waals surface area contributed by atoms with Gasteiger partial charge in [0.1, 0.15) is 34.4 Å². The fraction of sp³-hybridized carbons (Fsp3) is 0.360. The lowest BCUT2D eigenvalue weighted by molar-refractivity contribution is -0.137. The number of rotatable bonds is 5. The minimum absolute atomic E-state index is 0.00617. The highest BCUT2D eigenvalue weighted by Gasteiger charge is 2.64. The van der Waals surface area contributed by atoms with E-state index in [4.69, 9.17) is 5.73 Å². The summed E-state index contributed by atoms with van der Waals surface area (Å²) in [5.41, 5.74) is 5.87. The number of nitrogen functional groups attached to an aromatic ring is 1. The smallest absolute Gasteiger partial charge is 0.383 e. The molecule has 1 aliphatic heterocycles. The first-order valence-electron chi connectivity index (χ1n) is 11.9. The van der Waals surface area contributed by atoms with Gasteiger partial charge in [-0.15, -0.1) is 0 Å². The van der Waals surface area contributed by atoms with Crippen LogP contribution in [0.25, 0.3) is 21.9 Å². The highest BCUT2D eigenvalue weighted by molar-refractivity contribution is 9.10. The number of halogens is 4. The maximum Gasteiger partial charge on any atom is 0.416 e. The summed E-state index contributed by atoms with van der Waals surface area (Å²) < 4.78 is 42.6. The Morgan fingerprint density at radius 1 is 1.29 bits per heavy atom. The van der Waals surface area contributed by atoms with Crippen LogP contribution in [-0.2, 0) is 17.5 Å². The van der Waals surface area contributed by atoms with Crippen LogP contribution in [0.4, 0.5) is 24.8 Å². The summed E-state index contributed by atoms with van der Waals surface area (Å²) in [5.74, 6) is 0.147. The van der Waals surface area contributed by atoms with Crippen LogP contribution in [0.15, 0.2) is 47.3 Å². The average molecular weight is 590 g/mol. The zero-order valence-corrected chi connectivity index (χ0v) is 21.7. The second-order valence-corrected chi connectivity index (χ2v) is 11.0. The average Bonchev–Trinajstić information content (AvgIpc) is 3.25. The van der Waals surface area contributed by atoms with Gasteiger partial charge in [-0.2, -0.15) is 13.2 Å². The molecule has 2 unspecified atom stereocenters. The summed E-state index contributed by atoms with van der Waals surface area (Å²) in [6, 6.07) is 7.92. The summed E-state index contributed by atoms with van der Waals surface area (Å²) in [6.45, 7) is 2.04. The quantitative estimate of drug-likeness (QED) is 0.299. The van der Waals surface area contributed by atoms with Crippen molar-refractivity contribution >= 4 is 55.4 Å². The second kappa shape index (κ2) is 8.61. The number of carbonyl (C=O) groups is 1. The molecule has 2 fully saturated rings. The number of aromatic nitrogens is 4. The van der Waals surface area contributed by atoms with Gasteiger partial charge in [0.15, 0.2) is 0 Å². The number of anilines is 2. The zero-order valence-electron chi connectivity index (χ0n) is 20.1. The van der Waals surface area contributed by atoms with Gasteiger partial charge < -0.3 is 20.7 Å². The van der Waals surface area contributed by atoms with E-state index in [-0.39, 0.29) is 40.5 Å². The van der Waals surface area contributed by atoms with Gasteiger partial charge in [-0.05, 0) is 64.5 Å². The van der Waals surface area contributed by atoms with Crippen molar-refractivity contribution in [1.29, 1.82) is 0 Å². The van der Waals surface area contributed by atoms with Gasteiger partial charge in [-0.25, -0.2) is 15.0 Å². The molecule has 13 heteroatoms. The molecule has 1 aliphatic carbocycles. The topological polar surface area (TPSA) is 122 Å². The van der Waals surface area contributed by atoms with Gasteiger partial charge in [0.25, 0.3) is 0 Å². The number of aliphatic hydroxyl groups excluding tert-OH is 1. The molecule has 9 nitrogen and oxygen atoms in total. The van der Waals surface area contributed by atoms with Gasteiger partial charge in [0.05, 0.1) is 29.1 Å². The maximum absolute atomic E-state index is 13.5. The van der Waals surface area contributed by atoms with E-state index < -0.39 is 24.0 Å². The van der Waals surface area contributed by atoms with Crippen LogP contribution in [0.5, 0.6) is 0 Å². The van der Waals surface area contributed by atoms with E-state index >= 15 is 0 Å². The Morgan fingerprint density at radius 3 is 2.82 bits per heavy atom. The lowest BCUT2D eigenvalue weighted by Gasteiger charge is -2.31. The SMILES string of the molecule is C[C@]12CC1N(C(O)Cn1c3ccc(C(F)(F)F)cc3c3c(N)ncnc31)[C@H](C(=O)Nc1cccc(Br)n1)C2. The number of hydrogen-bond donors (Lipinski definition) is 3. The first-order chi connectivity index (χ1) is 18.0. The molecule has 4 N–H and O–H groups in total. The van der Waals surface area contributed by atoms with Crippen LogP contribution < -0.4 is 11.1 Å². The third-order valence-electron chi connectivity index (χ3n) is 7.64. The molecule has 0 spiro atoms. The number of likely N-dealkylation sites (tertiary alicyclic amines) is 1. The number of nitrogens with zero attached hydrogens (tertiary/aromatic N) is 5. The molecule has 6 rings (SSSR count). The van der Waals surface area contributed by atoms with Crippen LogP contribution in [0.3, 0.4) is 0 Å². The number of nitrogens with two attached hydrogens (primary N) is 1. The van der Waals surface area contributed by atoms with Crippen molar-refractivity contribution < 1.29 is 23.1 Å². The monoisotopic (exact) mass is 589 g/mol. The van der Waals surface area contributed by atoms with Crippen molar-refractivity contribution in [2.24, 2.45) is 5.41 Å². The van der Waals surface area contributed by atoms with Gasteiger partial charge in [-0.1, -0.05) is 13.0 Å². The summed E-state index contributed by atoms with van der Waals surface area (Å²) >= 11 is 3.29. The van der Waals surface area contributed by atoms with E-state index in [1.807, 2.05) is 0 Å². The van der Waals surface area contributed by atoms with E-state index in [9.17, 15) is 23.1 Å². The van der Waals surface area contributed by atoms with Crippen LogP contribution >= 0.6 is 15.9 Å². The molecular weight excluding hydrogens is 567 g/mol. The van der Waals surface area contributed by atoms with Gasteiger partial charge in [0, 0.05) is 11.4 Å². The number of hydrogen-bond acceptors (Lipinski definition) is 7. The molecule has 1 aromatic carbocycles. The first kappa shape index (κ1) is 25.0. The highest BCUT2D eigenvalue weighted by atomic mass is 79.9. The number of nitrogens with one attached hydrogen (secondary N) is 1. The van der Waals surface area contributed by atoms with Gasteiger partial charge in [0.2, 0.25) is 5.91 Å². The maximum atomic E-state index is 13.5. The van der Waals surface area contributed by atoms with Crippen molar-refractivity contribution in [2.45, 2.75) is 50.8 Å². The Morgan fingerprint density at radius 2 is 2.08 bits per heavy atom. The molecule has 4 heterocycles. The summed E-state index contributed by atoms with van der Waals surface area (Å²) in [4.78, 5) is 27.6. The summed E-state index contributed by atoms with van der Waals surface area (Å²) in [7, 11) is 0. The van der Waals surface area contributed by atoms with Gasteiger partial charge in [-0.3, -0.25) is 9.69 Å². The third kappa shape index (κ3) is 4.09. The third-order valence-corrected chi connectivity index (χ3v) is 8.08. The Hall–Kier alpha value is -3.29. The zero-order chi connectivity index (χ0) is 27.0. The Kier molecular flexibility index (Phi) is 5.67. The predicted octanol–water partition coefficient (Wildman–Crippen LogP) is 4.15. The largest absolute Gasteiger partial charge is 0.416 e. The number of aliphatic hydroxyl groups is 1. The number of carbonyl (C=O) groups excluding carboxylic acids is 1. The number of amides is 1. The standard InChI is InChI=1S/C25H23BrF3N7O2/c1-24-8-15(23(38)34-18-4-2-3-17(26)33-18)36(16(24)9-24)19(37)10-35-14-6-5-12(25(27,28)29)7-13(14)20-21(30)31-11-32-22(20)35/h2-7,11,15-16,19,37H,8-10H2,1H3,(H2,30,31,32)(H,33,34,38)/t15-,16?,19?,24-/m0/s1. The molecule has 1 saturated carbocycles. The molecule has 0 bridgehead atoms. The van der Waals surface area contributed by atoms with Crippen molar-refractivity contribution in [3.8, 4) is 0 Å². The van der Waals surface area contributed by atoms with Crippen LogP contribution in [0.1, 0.15) is 25.3 Å². The number of pyridine rings is 1. The van der Waals surface area contributed by atoms with E-state index in [0.717, 1.165) is 18.6 Å². The summed E-state index contributed by atoms with van der Waals surface area (Å²) in [6.07, 6.45) is -3.03. The van der Waals surface area contributed by atoms with Crippen molar-refractivity contribution in [3.63, 3.8) is 0 Å². The van der Waals surface area contributed by atoms with Crippen molar-refractivity contribution in [2.75, 3.05) is 11.1 Å². The minimum atomic E-state index is -4.54. The van der Waals surface area contributed by atoms with E-state index in [2.05, 4.69) is 43.1 Å². The predicted molar refractivity (Wildman–Crippen MR) is 138 cm³/mol. The van der Waals surface area contributed by atoms with E-state index in [1.165, 1.54) is 12.4 Å². The molecule has 3 aromatic heterocycles. The fourth-order valence-electron chi connectivity index (χ4n) is 5.72. The highest BCUT2D eigenvalue weighted by Crippen LogP contribution is 2.59. The number of benzene rings is 1. The van der Waals surface area contributed by atoms with Crippen molar-refractivity contribution in [3.05, 3.63) is 52.9 Å². The molecule has 4 atom stereocenters. The Bertz CT molecular complexity index is 1590. The van der Waals surface area contributed by atoms with Crippen LogP contribution in [-0.4, -0.2) is 53.7 Å². The number of piperidine rings is 1. The normalized spacial score (nSPS) is 24.1. The lowest BCUT2D eigenvalue weighted by atomic mass is 10.0.